The minimum absolute atomic E-state index is 0. The maximum Gasteiger partial charge on any atom is 0.299 e. The molecule has 0 fully saturated rings. The van der Waals surface area contributed by atoms with Crippen molar-refractivity contribution in [1.82, 2.24) is 0 Å². The third-order valence-electron chi connectivity index (χ3n) is 0.311. The average Bonchev–Trinajstić information content (AvgIpc) is 1.35. The number of thioether (sulfide) groups is 1. The minimum Gasteiger partial charge on any atom is -1.00 e. The van der Waals surface area contributed by atoms with Crippen LogP contribution in [0.15, 0.2) is 0 Å². The Morgan fingerprint density at radius 3 is 2.29 bits per heavy atom. The Labute approximate surface area is 53.8 Å². The van der Waals surface area contributed by atoms with Crippen molar-refractivity contribution < 1.29 is 17.8 Å². The van der Waals surface area contributed by atoms with Crippen molar-refractivity contribution in [3.05, 3.63) is 0 Å². The van der Waals surface area contributed by atoms with Gasteiger partial charge in [-0.05, 0) is 11.8 Å². The van der Waals surface area contributed by atoms with Gasteiger partial charge in [0.05, 0.1) is 0 Å². The van der Waals surface area contributed by atoms with E-state index in [1.165, 1.54) is 11.8 Å². The van der Waals surface area contributed by atoms with E-state index in [9.17, 15) is 0 Å². The summed E-state index contributed by atoms with van der Waals surface area (Å²) in [5.74, 6) is 0.961. The summed E-state index contributed by atoms with van der Waals surface area (Å²) in [6.45, 7) is 2.00. The van der Waals surface area contributed by atoms with Gasteiger partial charge in [0.15, 0.2) is 0 Å². The zero-order valence-corrected chi connectivity index (χ0v) is 5.72. The summed E-state index contributed by atoms with van der Waals surface area (Å²) in [6, 6.07) is 0. The molecular formula is C3H9ClN2S. The third kappa shape index (κ3) is 10.7. The lowest BCUT2D eigenvalue weighted by Crippen LogP contribution is -3.00. The average molecular weight is 141 g/mol. The highest BCUT2D eigenvalue weighted by Gasteiger charge is 1.87. The van der Waals surface area contributed by atoms with Crippen molar-refractivity contribution in [2.75, 3.05) is 5.75 Å². The van der Waals surface area contributed by atoms with Crippen LogP contribution in [-0.4, -0.2) is 10.9 Å². The predicted molar refractivity (Wildman–Crippen MR) is 29.3 cm³/mol. The van der Waals surface area contributed by atoms with E-state index in [1.807, 2.05) is 6.92 Å². The predicted octanol–water partition coefficient (Wildman–Crippen LogP) is -4.18. The second-order valence-corrected chi connectivity index (χ2v) is 2.17. The summed E-state index contributed by atoms with van der Waals surface area (Å²) in [5, 5.41) is 5.52. The normalized spacial score (nSPS) is 7.00. The number of nitrogens with two attached hydrogens (primary N) is 2. The summed E-state index contributed by atoms with van der Waals surface area (Å²) in [4.78, 5) is 0. The van der Waals surface area contributed by atoms with Crippen LogP contribution in [-0.2, 0) is 0 Å². The first-order chi connectivity index (χ1) is 2.77. The van der Waals surface area contributed by atoms with Gasteiger partial charge >= 0.3 is 0 Å². The molecule has 0 saturated carbocycles. The van der Waals surface area contributed by atoms with Crippen LogP contribution >= 0.6 is 11.8 Å². The van der Waals surface area contributed by atoms with E-state index in [0.29, 0.717) is 5.17 Å². The lowest BCUT2D eigenvalue weighted by atomic mass is 11.0. The monoisotopic (exact) mass is 140 g/mol. The number of hydrogen-bond acceptors (Lipinski definition) is 1. The zero-order valence-electron chi connectivity index (χ0n) is 4.15. The van der Waals surface area contributed by atoms with Gasteiger partial charge in [-0.1, -0.05) is 6.92 Å². The van der Waals surface area contributed by atoms with Crippen LogP contribution in [0.4, 0.5) is 0 Å². The summed E-state index contributed by atoms with van der Waals surface area (Å²) >= 11 is 1.46. The van der Waals surface area contributed by atoms with E-state index in [4.69, 9.17) is 11.1 Å². The molecule has 0 aromatic carbocycles. The van der Waals surface area contributed by atoms with E-state index >= 15 is 0 Å². The molecule has 0 aromatic rings. The van der Waals surface area contributed by atoms with E-state index in [-0.39, 0.29) is 12.4 Å². The second-order valence-electron chi connectivity index (χ2n) is 0.835. The van der Waals surface area contributed by atoms with Gasteiger partial charge in [-0.3, -0.25) is 11.1 Å². The molecule has 44 valence electrons. The molecule has 0 aliphatic rings. The molecule has 0 amide bonds. The first-order valence-electron chi connectivity index (χ1n) is 1.78. The van der Waals surface area contributed by atoms with Crippen molar-refractivity contribution in [2.24, 2.45) is 5.73 Å². The number of hydrogen-bond donors (Lipinski definition) is 2. The highest BCUT2D eigenvalue weighted by Crippen LogP contribution is 1.89. The fourth-order valence-electron chi connectivity index (χ4n) is 0.167. The van der Waals surface area contributed by atoms with Crippen LogP contribution in [0.1, 0.15) is 6.92 Å². The Morgan fingerprint density at radius 2 is 2.29 bits per heavy atom. The first-order valence-corrected chi connectivity index (χ1v) is 2.76. The standard InChI is InChI=1S/C3H8N2S.ClH/c1-2-6-3(4)5;/h2H2,1H3,(H3,4,5);1H. The van der Waals surface area contributed by atoms with Gasteiger partial charge in [0, 0.05) is 5.75 Å². The van der Waals surface area contributed by atoms with Crippen molar-refractivity contribution in [3.63, 3.8) is 0 Å². The summed E-state index contributed by atoms with van der Waals surface area (Å²) in [5.41, 5.74) is 5.06. The Balaban J connectivity index is 0. The van der Waals surface area contributed by atoms with Crippen molar-refractivity contribution in [3.8, 4) is 0 Å². The fraction of sp³-hybridized carbons (Fsp3) is 0.667. The van der Waals surface area contributed by atoms with Crippen molar-refractivity contribution >= 4 is 16.9 Å². The van der Waals surface area contributed by atoms with E-state index in [0.717, 1.165) is 5.75 Å². The van der Waals surface area contributed by atoms with Gasteiger partial charge in [0.2, 0.25) is 0 Å². The highest BCUT2D eigenvalue weighted by molar-refractivity contribution is 8.13. The minimum atomic E-state index is 0. The van der Waals surface area contributed by atoms with E-state index in [2.05, 4.69) is 0 Å². The van der Waals surface area contributed by atoms with Gasteiger partial charge in [0.1, 0.15) is 0 Å². The molecule has 0 radical (unpaired) electrons. The molecule has 7 heavy (non-hydrogen) atoms. The number of halogens is 1. The van der Waals surface area contributed by atoms with Gasteiger partial charge in [-0.25, -0.2) is 0 Å². The molecule has 0 atom stereocenters. The highest BCUT2D eigenvalue weighted by atomic mass is 35.5. The van der Waals surface area contributed by atoms with Crippen molar-refractivity contribution in [2.45, 2.75) is 6.92 Å². The maximum atomic E-state index is 5.06. The Kier molecular flexibility index (Phi) is 8.87. The molecule has 0 saturated heterocycles. The van der Waals surface area contributed by atoms with Gasteiger partial charge in [-0.2, -0.15) is 0 Å². The molecule has 0 aliphatic heterocycles. The molecule has 0 heterocycles. The zero-order chi connectivity index (χ0) is 4.99. The third-order valence-corrected chi connectivity index (χ3v) is 0.933. The van der Waals surface area contributed by atoms with Crippen LogP contribution in [0.5, 0.6) is 0 Å². The van der Waals surface area contributed by atoms with Crippen LogP contribution in [0, 0.1) is 0 Å². The summed E-state index contributed by atoms with van der Waals surface area (Å²) < 4.78 is 0. The molecule has 0 rings (SSSR count). The number of amidine groups is 1. The molecule has 4 heteroatoms. The van der Waals surface area contributed by atoms with Crippen LogP contribution in [0.3, 0.4) is 0 Å². The largest absolute Gasteiger partial charge is 1.00 e. The maximum absolute atomic E-state index is 5.06. The lowest BCUT2D eigenvalue weighted by Gasteiger charge is -1.78. The quantitative estimate of drug-likeness (QED) is 0.287. The molecule has 0 aromatic heterocycles. The molecular weight excluding hydrogens is 132 g/mol. The van der Waals surface area contributed by atoms with Gasteiger partial charge in [0.25, 0.3) is 5.17 Å². The molecule has 4 N–H and O–H groups in total. The number of rotatable bonds is 1. The summed E-state index contributed by atoms with van der Waals surface area (Å²) in [7, 11) is 0. The second kappa shape index (κ2) is 6.11. The van der Waals surface area contributed by atoms with Crippen molar-refractivity contribution in [1.29, 1.82) is 0 Å². The van der Waals surface area contributed by atoms with Crippen LogP contribution in [0.2, 0.25) is 0 Å². The Morgan fingerprint density at radius 1 is 1.86 bits per heavy atom. The molecule has 0 spiro atoms. The topological polar surface area (TPSA) is 51.6 Å². The van der Waals surface area contributed by atoms with E-state index in [1.54, 1.807) is 0 Å². The molecule has 0 aliphatic carbocycles. The summed E-state index contributed by atoms with van der Waals surface area (Å²) in [6.07, 6.45) is 0. The SMILES string of the molecule is CCSC(N)=[NH2+].[Cl-]. The molecule has 0 bridgehead atoms. The van der Waals surface area contributed by atoms with Crippen LogP contribution < -0.4 is 23.5 Å². The smallest absolute Gasteiger partial charge is 0.299 e. The van der Waals surface area contributed by atoms with Crippen LogP contribution in [0.25, 0.3) is 0 Å². The Hall–Kier alpha value is 0.110. The van der Waals surface area contributed by atoms with Gasteiger partial charge < -0.3 is 12.4 Å². The molecule has 2 nitrogen and oxygen atoms in total. The fourth-order valence-corrected chi connectivity index (χ4v) is 0.500. The lowest BCUT2D eigenvalue weighted by molar-refractivity contribution is -0.110. The van der Waals surface area contributed by atoms with Gasteiger partial charge in [-0.15, -0.1) is 0 Å². The Bertz CT molecular complexity index is 56.9. The van der Waals surface area contributed by atoms with E-state index < -0.39 is 0 Å². The molecule has 0 unspecified atom stereocenters. The first kappa shape index (κ1) is 10.2.